The molecule has 4 bridgehead atoms. The van der Waals surface area contributed by atoms with E-state index in [2.05, 4.69) is 12.1 Å². The molecule has 3 aliphatic carbocycles. The summed E-state index contributed by atoms with van der Waals surface area (Å²) in [5.41, 5.74) is -0.229. The first-order chi connectivity index (χ1) is 9.30. The van der Waals surface area contributed by atoms with Gasteiger partial charge in [0.15, 0.2) is 0 Å². The van der Waals surface area contributed by atoms with Gasteiger partial charge in [-0.1, -0.05) is 25.9 Å². The Hall–Kier alpha value is -1.39. The van der Waals surface area contributed by atoms with Crippen LogP contribution in [0.4, 0.5) is 0 Å². The Morgan fingerprint density at radius 1 is 1.45 bits per heavy atom. The molecule has 0 amide bonds. The summed E-state index contributed by atoms with van der Waals surface area (Å²) >= 11 is 0. The van der Waals surface area contributed by atoms with Gasteiger partial charge >= 0.3 is 5.97 Å². The van der Waals surface area contributed by atoms with E-state index in [1.807, 2.05) is 6.92 Å². The summed E-state index contributed by atoms with van der Waals surface area (Å²) in [7, 11) is 0. The number of Topliss-reactive ketones (excluding diaryl/α,β-unsaturated/α-hetero) is 1. The maximum absolute atomic E-state index is 13.0. The lowest BCUT2D eigenvalue weighted by molar-refractivity contribution is -0.152. The van der Waals surface area contributed by atoms with Crippen LogP contribution < -0.4 is 0 Å². The third-order valence-electron chi connectivity index (χ3n) is 6.66. The van der Waals surface area contributed by atoms with Gasteiger partial charge in [-0.05, 0) is 30.6 Å². The Bertz CT molecular complexity index is 528. The van der Waals surface area contributed by atoms with Crippen molar-refractivity contribution < 1.29 is 19.9 Å². The van der Waals surface area contributed by atoms with Crippen LogP contribution in [-0.4, -0.2) is 27.8 Å². The molecule has 5 nitrogen and oxygen atoms in total. The number of aliphatic carboxylic acids is 1. The summed E-state index contributed by atoms with van der Waals surface area (Å²) in [4.78, 5) is 24.5. The van der Waals surface area contributed by atoms with Crippen LogP contribution in [0.2, 0.25) is 0 Å². The van der Waals surface area contributed by atoms with Crippen molar-refractivity contribution in [2.24, 2.45) is 39.7 Å². The molecule has 3 aliphatic rings. The molecule has 0 saturated heterocycles. The fourth-order valence-corrected chi connectivity index (χ4v) is 5.55. The molecule has 0 aromatic rings. The fraction of sp³-hybridized carbons (Fsp3) is 0.800. The number of rotatable bonds is 2. The van der Waals surface area contributed by atoms with Gasteiger partial charge in [0.2, 0.25) is 0 Å². The van der Waals surface area contributed by atoms with E-state index in [9.17, 15) is 19.9 Å². The van der Waals surface area contributed by atoms with Gasteiger partial charge in [-0.2, -0.15) is 0 Å². The molecule has 20 heavy (non-hydrogen) atoms. The van der Waals surface area contributed by atoms with Gasteiger partial charge in [-0.25, -0.2) is 0 Å². The van der Waals surface area contributed by atoms with Gasteiger partial charge in [-0.15, -0.1) is 0 Å². The number of ketones is 1. The van der Waals surface area contributed by atoms with Gasteiger partial charge in [0.25, 0.3) is 0 Å². The Labute approximate surface area is 118 Å². The second-order valence-electron chi connectivity index (χ2n) is 7.08. The van der Waals surface area contributed by atoms with Crippen LogP contribution in [0.5, 0.6) is 0 Å². The van der Waals surface area contributed by atoms with E-state index in [-0.39, 0.29) is 29.0 Å². The maximum atomic E-state index is 13.0. The van der Waals surface area contributed by atoms with Crippen LogP contribution in [0.3, 0.4) is 0 Å². The third kappa shape index (κ3) is 1.22. The molecule has 0 spiro atoms. The quantitative estimate of drug-likeness (QED) is 0.599. The molecule has 0 heterocycles. The number of hydrogen-bond acceptors (Lipinski definition) is 4. The SMILES string of the molecule is C[C@H]1/C(=N\O)C[C@H]2[C@@]3(C)CC[C@@]2([C@@H](C)C(=O)O)C(=O)[C@@H]13. The van der Waals surface area contributed by atoms with Crippen molar-refractivity contribution in [3.63, 3.8) is 0 Å². The lowest BCUT2D eigenvalue weighted by Crippen LogP contribution is -2.43. The van der Waals surface area contributed by atoms with Crippen molar-refractivity contribution in [2.45, 2.75) is 40.0 Å². The molecule has 3 fully saturated rings. The summed E-state index contributed by atoms with van der Waals surface area (Å²) < 4.78 is 0. The van der Waals surface area contributed by atoms with Crippen molar-refractivity contribution in [1.82, 2.24) is 0 Å². The van der Waals surface area contributed by atoms with E-state index in [1.165, 1.54) is 0 Å². The summed E-state index contributed by atoms with van der Waals surface area (Å²) in [5.74, 6) is -1.75. The Balaban J connectivity index is 2.16. The zero-order chi connectivity index (χ0) is 14.9. The first-order valence-electron chi connectivity index (χ1n) is 7.28. The van der Waals surface area contributed by atoms with Crippen LogP contribution in [0.15, 0.2) is 5.16 Å². The number of carbonyl (C=O) groups is 2. The number of oxime groups is 1. The van der Waals surface area contributed by atoms with Crippen molar-refractivity contribution in [1.29, 1.82) is 0 Å². The molecule has 3 saturated carbocycles. The molecule has 6 atom stereocenters. The van der Waals surface area contributed by atoms with Crippen molar-refractivity contribution in [3.8, 4) is 0 Å². The van der Waals surface area contributed by atoms with Crippen molar-refractivity contribution in [2.75, 3.05) is 0 Å². The van der Waals surface area contributed by atoms with Crippen LogP contribution in [0.25, 0.3) is 0 Å². The predicted octanol–water partition coefficient (Wildman–Crippen LogP) is 2.18. The Kier molecular flexibility index (Phi) is 2.60. The lowest BCUT2D eigenvalue weighted by Gasteiger charge is -2.41. The van der Waals surface area contributed by atoms with Gasteiger partial charge in [0.05, 0.1) is 11.6 Å². The van der Waals surface area contributed by atoms with E-state index >= 15 is 0 Å². The Morgan fingerprint density at radius 2 is 2.10 bits per heavy atom. The van der Waals surface area contributed by atoms with Gasteiger partial charge in [0.1, 0.15) is 5.78 Å². The summed E-state index contributed by atoms with van der Waals surface area (Å²) in [6, 6.07) is 0. The zero-order valence-electron chi connectivity index (χ0n) is 12.1. The number of nitrogens with zero attached hydrogens (tertiary/aromatic N) is 1. The Morgan fingerprint density at radius 3 is 2.65 bits per heavy atom. The van der Waals surface area contributed by atoms with Gasteiger partial charge in [-0.3, -0.25) is 9.59 Å². The highest BCUT2D eigenvalue weighted by Crippen LogP contribution is 2.73. The molecular weight excluding hydrogens is 258 g/mol. The largest absolute Gasteiger partial charge is 0.481 e. The second-order valence-corrected chi connectivity index (χ2v) is 7.08. The first-order valence-corrected chi connectivity index (χ1v) is 7.28. The third-order valence-corrected chi connectivity index (χ3v) is 6.66. The van der Waals surface area contributed by atoms with Crippen molar-refractivity contribution in [3.05, 3.63) is 0 Å². The zero-order valence-corrected chi connectivity index (χ0v) is 12.1. The molecule has 0 unspecified atom stereocenters. The number of carbonyl (C=O) groups excluding carboxylic acids is 1. The molecule has 0 aliphatic heterocycles. The van der Waals surface area contributed by atoms with Crippen LogP contribution in [0.1, 0.15) is 40.0 Å². The van der Waals surface area contributed by atoms with Crippen LogP contribution in [0, 0.1) is 34.5 Å². The van der Waals surface area contributed by atoms with Crippen LogP contribution >= 0.6 is 0 Å². The number of hydrogen-bond donors (Lipinski definition) is 2. The number of carboxylic acids is 1. The predicted molar refractivity (Wildman–Crippen MR) is 71.6 cm³/mol. The molecule has 3 rings (SSSR count). The standard InChI is InChI=1S/C15H21NO4/c1-7-9(16-20)6-10-14(3)4-5-15(10,8(2)13(18)19)12(17)11(7)14/h7-8,10-11,20H,4-6H2,1-3H3,(H,18,19)/b16-9-/t7-,8-,10-,11+,14+,15-/m0/s1. The minimum Gasteiger partial charge on any atom is -0.481 e. The highest BCUT2D eigenvalue weighted by Gasteiger charge is 2.75. The average molecular weight is 279 g/mol. The molecule has 2 N–H and O–H groups in total. The molecule has 0 aromatic carbocycles. The second kappa shape index (κ2) is 3.83. The minimum absolute atomic E-state index is 0.000648. The normalized spacial score (nSPS) is 49.6. The van der Waals surface area contributed by atoms with Gasteiger partial charge in [0, 0.05) is 17.3 Å². The smallest absolute Gasteiger partial charge is 0.307 e. The number of carboxylic acid groups (broad SMARTS) is 1. The van der Waals surface area contributed by atoms with E-state index in [0.29, 0.717) is 18.6 Å². The lowest BCUT2D eigenvalue weighted by atomic mass is 9.61. The molecule has 5 heteroatoms. The molecule has 0 radical (unpaired) electrons. The highest BCUT2D eigenvalue weighted by molar-refractivity contribution is 6.03. The summed E-state index contributed by atoms with van der Waals surface area (Å²) in [5, 5.41) is 22.0. The maximum Gasteiger partial charge on any atom is 0.307 e. The molecular formula is C15H21NO4. The van der Waals surface area contributed by atoms with E-state index in [1.54, 1.807) is 6.92 Å². The van der Waals surface area contributed by atoms with Gasteiger partial charge < -0.3 is 10.3 Å². The van der Waals surface area contributed by atoms with Crippen LogP contribution in [-0.2, 0) is 9.59 Å². The van der Waals surface area contributed by atoms with E-state index < -0.39 is 17.3 Å². The molecule has 0 aromatic heterocycles. The van der Waals surface area contributed by atoms with E-state index in [0.717, 1.165) is 6.42 Å². The van der Waals surface area contributed by atoms with Crippen molar-refractivity contribution >= 4 is 17.5 Å². The first kappa shape index (κ1) is 13.6. The fourth-order valence-electron chi connectivity index (χ4n) is 5.55. The monoisotopic (exact) mass is 279 g/mol. The van der Waals surface area contributed by atoms with E-state index in [4.69, 9.17) is 0 Å². The highest BCUT2D eigenvalue weighted by atomic mass is 16.4. The average Bonchev–Trinajstić information content (AvgIpc) is 2.74. The molecule has 110 valence electrons. The summed E-state index contributed by atoms with van der Waals surface area (Å²) in [6.07, 6.45) is 2.10. The topological polar surface area (TPSA) is 87.0 Å². The summed E-state index contributed by atoms with van der Waals surface area (Å²) in [6.45, 7) is 5.71. The minimum atomic E-state index is -0.898.